The molecule has 0 aromatic rings. The van der Waals surface area contributed by atoms with E-state index in [1.54, 1.807) is 20.8 Å². The van der Waals surface area contributed by atoms with Gasteiger partial charge in [0.1, 0.15) is 5.60 Å². The molecular formula is C16H28O4. The zero-order chi connectivity index (χ0) is 15.3. The fourth-order valence-corrected chi connectivity index (χ4v) is 2.67. The first-order valence-electron chi connectivity index (χ1n) is 7.57. The van der Waals surface area contributed by atoms with Gasteiger partial charge in [0.25, 0.3) is 0 Å². The van der Waals surface area contributed by atoms with Gasteiger partial charge in [-0.3, -0.25) is 4.79 Å². The summed E-state index contributed by atoms with van der Waals surface area (Å²) in [5, 5.41) is 0. The highest BCUT2D eigenvalue weighted by atomic mass is 16.6. The Morgan fingerprint density at radius 2 is 1.85 bits per heavy atom. The Kier molecular flexibility index (Phi) is 6.03. The fourth-order valence-electron chi connectivity index (χ4n) is 2.67. The second kappa shape index (κ2) is 7.09. The summed E-state index contributed by atoms with van der Waals surface area (Å²) in [6.07, 6.45) is 4.00. The van der Waals surface area contributed by atoms with E-state index in [0.29, 0.717) is 11.8 Å². The van der Waals surface area contributed by atoms with Gasteiger partial charge in [-0.05, 0) is 45.4 Å². The SMILES string of the molecule is CC(C)C1CCCC(C(=O)OCC(=O)OC(C)(C)C)C1. The lowest BCUT2D eigenvalue weighted by molar-refractivity contribution is -0.169. The van der Waals surface area contributed by atoms with Crippen LogP contribution in [0.15, 0.2) is 0 Å². The molecule has 0 saturated heterocycles. The van der Waals surface area contributed by atoms with Crippen LogP contribution in [0.1, 0.15) is 60.3 Å². The molecule has 0 aromatic heterocycles. The number of ether oxygens (including phenoxy) is 2. The number of rotatable bonds is 4. The molecule has 2 unspecified atom stereocenters. The molecule has 4 nitrogen and oxygen atoms in total. The molecule has 116 valence electrons. The summed E-state index contributed by atoms with van der Waals surface area (Å²) in [7, 11) is 0. The van der Waals surface area contributed by atoms with Gasteiger partial charge in [0, 0.05) is 0 Å². The molecule has 1 fully saturated rings. The smallest absolute Gasteiger partial charge is 0.344 e. The minimum absolute atomic E-state index is 0.0569. The summed E-state index contributed by atoms with van der Waals surface area (Å²) in [6.45, 7) is 9.49. The van der Waals surface area contributed by atoms with Crippen molar-refractivity contribution in [3.8, 4) is 0 Å². The summed E-state index contributed by atoms with van der Waals surface area (Å²) in [4.78, 5) is 23.5. The van der Waals surface area contributed by atoms with Gasteiger partial charge in [0.05, 0.1) is 5.92 Å². The molecule has 2 atom stereocenters. The fraction of sp³-hybridized carbons (Fsp3) is 0.875. The molecule has 1 saturated carbocycles. The zero-order valence-electron chi connectivity index (χ0n) is 13.4. The summed E-state index contributed by atoms with van der Waals surface area (Å²) in [6, 6.07) is 0. The predicted octanol–water partition coefficient (Wildman–Crippen LogP) is 3.33. The minimum atomic E-state index is -0.545. The molecule has 0 aliphatic heterocycles. The third kappa shape index (κ3) is 5.93. The van der Waals surface area contributed by atoms with E-state index in [4.69, 9.17) is 9.47 Å². The van der Waals surface area contributed by atoms with Crippen LogP contribution < -0.4 is 0 Å². The number of carbonyl (C=O) groups excluding carboxylic acids is 2. The van der Waals surface area contributed by atoms with Gasteiger partial charge < -0.3 is 9.47 Å². The van der Waals surface area contributed by atoms with E-state index in [9.17, 15) is 9.59 Å². The molecule has 4 heteroatoms. The standard InChI is InChI=1S/C16H28O4/c1-11(2)12-7-6-8-13(9-12)15(18)19-10-14(17)20-16(3,4)5/h11-13H,6-10H2,1-5H3. The number of esters is 2. The van der Waals surface area contributed by atoms with Crippen LogP contribution in [0.3, 0.4) is 0 Å². The number of hydrogen-bond donors (Lipinski definition) is 0. The molecular weight excluding hydrogens is 256 g/mol. The van der Waals surface area contributed by atoms with E-state index >= 15 is 0 Å². The van der Waals surface area contributed by atoms with Crippen LogP contribution >= 0.6 is 0 Å². The lowest BCUT2D eigenvalue weighted by atomic mass is 9.76. The zero-order valence-corrected chi connectivity index (χ0v) is 13.4. The van der Waals surface area contributed by atoms with Crippen molar-refractivity contribution in [1.82, 2.24) is 0 Å². The van der Waals surface area contributed by atoms with Crippen molar-refractivity contribution in [2.75, 3.05) is 6.61 Å². The van der Waals surface area contributed by atoms with E-state index in [0.717, 1.165) is 19.3 Å². The number of hydrogen-bond acceptors (Lipinski definition) is 4. The van der Waals surface area contributed by atoms with Crippen LogP contribution in [0, 0.1) is 17.8 Å². The summed E-state index contributed by atoms with van der Waals surface area (Å²) >= 11 is 0. The maximum absolute atomic E-state index is 12.0. The highest BCUT2D eigenvalue weighted by Crippen LogP contribution is 2.34. The monoisotopic (exact) mass is 284 g/mol. The lowest BCUT2D eigenvalue weighted by Crippen LogP contribution is -2.31. The Balaban J connectivity index is 2.37. The Bertz CT molecular complexity index is 341. The van der Waals surface area contributed by atoms with Gasteiger partial charge in [-0.15, -0.1) is 0 Å². The molecule has 0 heterocycles. The average Bonchev–Trinajstić information content (AvgIpc) is 2.34. The summed E-state index contributed by atoms with van der Waals surface area (Å²) < 4.78 is 10.2. The van der Waals surface area contributed by atoms with Crippen molar-refractivity contribution in [1.29, 1.82) is 0 Å². The van der Waals surface area contributed by atoms with Crippen molar-refractivity contribution >= 4 is 11.9 Å². The van der Waals surface area contributed by atoms with Crippen LogP contribution in [-0.2, 0) is 19.1 Å². The number of carbonyl (C=O) groups is 2. The molecule has 1 aliphatic rings. The van der Waals surface area contributed by atoms with Gasteiger partial charge in [-0.2, -0.15) is 0 Å². The molecule has 0 bridgehead atoms. The highest BCUT2D eigenvalue weighted by Gasteiger charge is 2.30. The predicted molar refractivity (Wildman–Crippen MR) is 77.1 cm³/mol. The van der Waals surface area contributed by atoms with Gasteiger partial charge in [-0.1, -0.05) is 26.7 Å². The lowest BCUT2D eigenvalue weighted by Gasteiger charge is -2.30. The first kappa shape index (κ1) is 17.0. The molecule has 0 spiro atoms. The van der Waals surface area contributed by atoms with E-state index in [2.05, 4.69) is 13.8 Å². The average molecular weight is 284 g/mol. The molecule has 0 amide bonds. The van der Waals surface area contributed by atoms with E-state index in [1.807, 2.05) is 0 Å². The molecule has 1 rings (SSSR count). The molecule has 1 aliphatic carbocycles. The first-order valence-corrected chi connectivity index (χ1v) is 7.57. The van der Waals surface area contributed by atoms with Crippen LogP contribution in [0.4, 0.5) is 0 Å². The van der Waals surface area contributed by atoms with Crippen molar-refractivity contribution in [2.24, 2.45) is 17.8 Å². The second-order valence-corrected chi connectivity index (χ2v) is 7.06. The Morgan fingerprint density at radius 3 is 2.40 bits per heavy atom. The van der Waals surface area contributed by atoms with Gasteiger partial charge in [-0.25, -0.2) is 4.79 Å². The topological polar surface area (TPSA) is 52.6 Å². The maximum atomic E-state index is 12.0. The van der Waals surface area contributed by atoms with E-state index in [-0.39, 0.29) is 18.5 Å². The van der Waals surface area contributed by atoms with Crippen molar-refractivity contribution in [3.05, 3.63) is 0 Å². The van der Waals surface area contributed by atoms with Gasteiger partial charge in [0.2, 0.25) is 0 Å². The van der Waals surface area contributed by atoms with E-state index in [1.165, 1.54) is 6.42 Å². The quantitative estimate of drug-likeness (QED) is 0.743. The molecule has 0 N–H and O–H groups in total. The molecule has 0 aromatic carbocycles. The van der Waals surface area contributed by atoms with Crippen LogP contribution in [0.2, 0.25) is 0 Å². The van der Waals surface area contributed by atoms with Gasteiger partial charge in [0.15, 0.2) is 6.61 Å². The van der Waals surface area contributed by atoms with Gasteiger partial charge >= 0.3 is 11.9 Å². The normalized spacial score (nSPS) is 23.5. The summed E-state index contributed by atoms with van der Waals surface area (Å²) in [5.41, 5.74) is -0.545. The Morgan fingerprint density at radius 1 is 1.20 bits per heavy atom. The van der Waals surface area contributed by atoms with Crippen molar-refractivity contribution < 1.29 is 19.1 Å². The second-order valence-electron chi connectivity index (χ2n) is 7.06. The summed E-state index contributed by atoms with van der Waals surface area (Å²) in [5.74, 6) is 0.390. The first-order chi connectivity index (χ1) is 9.19. The van der Waals surface area contributed by atoms with Crippen LogP contribution in [0.5, 0.6) is 0 Å². The van der Waals surface area contributed by atoms with E-state index < -0.39 is 11.6 Å². The molecule has 0 radical (unpaired) electrons. The Hall–Kier alpha value is -1.06. The largest absolute Gasteiger partial charge is 0.457 e. The third-order valence-corrected chi connectivity index (χ3v) is 3.74. The third-order valence-electron chi connectivity index (χ3n) is 3.74. The molecule has 20 heavy (non-hydrogen) atoms. The Labute approximate surface area is 122 Å². The maximum Gasteiger partial charge on any atom is 0.344 e. The highest BCUT2D eigenvalue weighted by molar-refractivity contribution is 5.78. The van der Waals surface area contributed by atoms with Crippen molar-refractivity contribution in [3.63, 3.8) is 0 Å². The van der Waals surface area contributed by atoms with Crippen molar-refractivity contribution in [2.45, 2.75) is 65.9 Å². The van der Waals surface area contributed by atoms with Crippen LogP contribution in [-0.4, -0.2) is 24.1 Å². The minimum Gasteiger partial charge on any atom is -0.457 e. The van der Waals surface area contributed by atoms with Crippen LogP contribution in [0.25, 0.3) is 0 Å².